The molecule has 0 aromatic heterocycles. The lowest BCUT2D eigenvalue weighted by Crippen LogP contribution is -2.01. The molecule has 13 heavy (non-hydrogen) atoms. The molecule has 0 unspecified atom stereocenters. The van der Waals surface area contributed by atoms with Crippen LogP contribution in [0.3, 0.4) is 0 Å². The Balaban J connectivity index is 3.31. The summed E-state index contributed by atoms with van der Waals surface area (Å²) in [5, 5.41) is 17.7. The van der Waals surface area contributed by atoms with Crippen LogP contribution in [0, 0.1) is 5.82 Å². The number of carboxylic acids is 1. The Bertz CT molecular complexity index is 347. The van der Waals surface area contributed by atoms with Crippen molar-refractivity contribution in [3.63, 3.8) is 0 Å². The number of aryl methyl sites for hydroxylation is 1. The Morgan fingerprint density at radius 1 is 1.54 bits per heavy atom. The molecule has 0 amide bonds. The first-order valence-corrected chi connectivity index (χ1v) is 3.81. The Morgan fingerprint density at radius 3 is 2.62 bits per heavy atom. The second-order valence-electron chi connectivity index (χ2n) is 2.59. The number of benzene rings is 1. The van der Waals surface area contributed by atoms with Crippen molar-refractivity contribution in [1.29, 1.82) is 0 Å². The number of phenols is 1. The maximum atomic E-state index is 13.1. The van der Waals surface area contributed by atoms with Gasteiger partial charge in [-0.25, -0.2) is 9.18 Å². The topological polar surface area (TPSA) is 57.5 Å². The van der Waals surface area contributed by atoms with Crippen LogP contribution in [0.1, 0.15) is 22.8 Å². The molecule has 1 aromatic rings. The van der Waals surface area contributed by atoms with E-state index >= 15 is 0 Å². The normalized spacial score (nSPS) is 10.0. The van der Waals surface area contributed by atoms with Crippen molar-refractivity contribution < 1.29 is 19.4 Å². The maximum Gasteiger partial charge on any atom is 0.338 e. The van der Waals surface area contributed by atoms with Gasteiger partial charge in [0.05, 0.1) is 5.56 Å². The number of hydrogen-bond donors (Lipinski definition) is 2. The van der Waals surface area contributed by atoms with Crippen LogP contribution in [-0.4, -0.2) is 16.2 Å². The van der Waals surface area contributed by atoms with E-state index in [4.69, 9.17) is 5.11 Å². The van der Waals surface area contributed by atoms with Crippen molar-refractivity contribution in [2.24, 2.45) is 0 Å². The summed E-state index contributed by atoms with van der Waals surface area (Å²) in [6.45, 7) is 1.74. The Hall–Kier alpha value is -1.58. The first-order chi connectivity index (χ1) is 6.07. The molecule has 0 aliphatic rings. The predicted octanol–water partition coefficient (Wildman–Crippen LogP) is 1.79. The molecule has 0 saturated heterocycles. The van der Waals surface area contributed by atoms with Crippen molar-refractivity contribution in [3.8, 4) is 5.75 Å². The van der Waals surface area contributed by atoms with Crippen LogP contribution in [0.5, 0.6) is 5.75 Å². The zero-order valence-corrected chi connectivity index (χ0v) is 7.04. The number of carbonyl (C=O) groups is 1. The lowest BCUT2D eigenvalue weighted by molar-refractivity contribution is 0.0691. The minimum absolute atomic E-state index is 0.405. The van der Waals surface area contributed by atoms with Gasteiger partial charge in [-0.15, -0.1) is 0 Å². The number of halogens is 1. The van der Waals surface area contributed by atoms with E-state index in [2.05, 4.69) is 0 Å². The summed E-state index contributed by atoms with van der Waals surface area (Å²) < 4.78 is 13.1. The highest BCUT2D eigenvalue weighted by atomic mass is 19.1. The Labute approximate surface area is 74.4 Å². The molecule has 0 aliphatic carbocycles. The molecule has 0 aliphatic heterocycles. The quantitative estimate of drug-likeness (QED) is 0.736. The van der Waals surface area contributed by atoms with E-state index in [0.717, 1.165) is 6.07 Å². The average Bonchev–Trinajstić information content (AvgIpc) is 2.09. The molecule has 0 fully saturated rings. The average molecular weight is 184 g/mol. The fourth-order valence-electron chi connectivity index (χ4n) is 1.06. The van der Waals surface area contributed by atoms with Gasteiger partial charge in [-0.2, -0.15) is 0 Å². The van der Waals surface area contributed by atoms with Gasteiger partial charge in [0, 0.05) is 0 Å². The second-order valence-corrected chi connectivity index (χ2v) is 2.59. The van der Waals surface area contributed by atoms with Crippen LogP contribution >= 0.6 is 0 Å². The van der Waals surface area contributed by atoms with Crippen LogP contribution in [0.2, 0.25) is 0 Å². The van der Waals surface area contributed by atoms with Gasteiger partial charge in [0.15, 0.2) is 11.6 Å². The summed E-state index contributed by atoms with van der Waals surface area (Å²) >= 11 is 0. The summed E-state index contributed by atoms with van der Waals surface area (Å²) in [4.78, 5) is 10.4. The second kappa shape index (κ2) is 3.43. The molecule has 1 rings (SSSR count). The molecule has 0 radical (unpaired) electrons. The fourth-order valence-corrected chi connectivity index (χ4v) is 1.06. The van der Waals surface area contributed by atoms with Crippen LogP contribution in [0.25, 0.3) is 0 Å². The molecule has 4 heteroatoms. The van der Waals surface area contributed by atoms with Gasteiger partial charge >= 0.3 is 5.97 Å². The highest BCUT2D eigenvalue weighted by Gasteiger charge is 2.15. The molecule has 0 atom stereocenters. The number of aromatic carboxylic acids is 1. The smallest absolute Gasteiger partial charge is 0.338 e. The third-order valence-corrected chi connectivity index (χ3v) is 1.81. The number of aromatic hydroxyl groups is 1. The standard InChI is InChI=1S/C9H9FO3/c1-2-5-3-4-6(9(12)13)7(10)8(5)11/h3-4,11H,2H2,1H3,(H,12,13). The molecule has 1 aromatic carbocycles. The first kappa shape index (κ1) is 9.51. The molecule has 0 saturated carbocycles. The van der Waals surface area contributed by atoms with Crippen molar-refractivity contribution in [2.45, 2.75) is 13.3 Å². The van der Waals surface area contributed by atoms with Gasteiger partial charge in [-0.1, -0.05) is 13.0 Å². The van der Waals surface area contributed by atoms with E-state index in [-0.39, 0.29) is 0 Å². The summed E-state index contributed by atoms with van der Waals surface area (Å²) in [6.07, 6.45) is 0.461. The fraction of sp³-hybridized carbons (Fsp3) is 0.222. The molecule has 3 nitrogen and oxygen atoms in total. The van der Waals surface area contributed by atoms with Crippen LogP contribution in [0.15, 0.2) is 12.1 Å². The van der Waals surface area contributed by atoms with Crippen LogP contribution in [0.4, 0.5) is 4.39 Å². The molecular weight excluding hydrogens is 175 g/mol. The molecule has 0 heterocycles. The Kier molecular flexibility index (Phi) is 2.51. The van der Waals surface area contributed by atoms with Gasteiger partial charge in [0.25, 0.3) is 0 Å². The SMILES string of the molecule is CCc1ccc(C(=O)O)c(F)c1O. The van der Waals surface area contributed by atoms with Crippen molar-refractivity contribution in [2.75, 3.05) is 0 Å². The summed E-state index contributed by atoms with van der Waals surface area (Å²) in [7, 11) is 0. The molecular formula is C9H9FO3. The van der Waals surface area contributed by atoms with Crippen LogP contribution < -0.4 is 0 Å². The summed E-state index contributed by atoms with van der Waals surface area (Å²) in [5.74, 6) is -3.01. The zero-order chi connectivity index (χ0) is 10.0. The van der Waals surface area contributed by atoms with Gasteiger partial charge in [-0.3, -0.25) is 0 Å². The minimum Gasteiger partial charge on any atom is -0.505 e. The van der Waals surface area contributed by atoms with E-state index in [1.54, 1.807) is 6.92 Å². The third-order valence-electron chi connectivity index (χ3n) is 1.81. The highest BCUT2D eigenvalue weighted by molar-refractivity contribution is 5.88. The summed E-state index contributed by atoms with van der Waals surface area (Å²) in [6, 6.07) is 2.55. The third kappa shape index (κ3) is 1.61. The molecule has 2 N–H and O–H groups in total. The van der Waals surface area contributed by atoms with Gasteiger partial charge in [-0.05, 0) is 18.1 Å². The maximum absolute atomic E-state index is 13.1. The Morgan fingerprint density at radius 2 is 2.15 bits per heavy atom. The predicted molar refractivity (Wildman–Crippen MR) is 44.4 cm³/mol. The number of hydrogen-bond acceptors (Lipinski definition) is 2. The van der Waals surface area contributed by atoms with Crippen molar-refractivity contribution in [1.82, 2.24) is 0 Å². The van der Waals surface area contributed by atoms with E-state index < -0.39 is 23.1 Å². The van der Waals surface area contributed by atoms with E-state index in [1.807, 2.05) is 0 Å². The van der Waals surface area contributed by atoms with Crippen LogP contribution in [-0.2, 0) is 6.42 Å². The van der Waals surface area contributed by atoms with E-state index in [1.165, 1.54) is 6.07 Å². The number of rotatable bonds is 2. The number of carboxylic acid groups (broad SMARTS) is 1. The largest absolute Gasteiger partial charge is 0.505 e. The van der Waals surface area contributed by atoms with Crippen molar-refractivity contribution >= 4 is 5.97 Å². The van der Waals surface area contributed by atoms with Gasteiger partial charge < -0.3 is 10.2 Å². The number of phenolic OH excluding ortho intramolecular Hbond substituents is 1. The molecule has 0 bridgehead atoms. The zero-order valence-electron chi connectivity index (χ0n) is 7.04. The molecule has 70 valence electrons. The van der Waals surface area contributed by atoms with E-state index in [9.17, 15) is 14.3 Å². The van der Waals surface area contributed by atoms with E-state index in [0.29, 0.717) is 12.0 Å². The minimum atomic E-state index is -1.38. The lowest BCUT2D eigenvalue weighted by Gasteiger charge is -2.04. The monoisotopic (exact) mass is 184 g/mol. The summed E-state index contributed by atoms with van der Waals surface area (Å²) in [5.41, 5.74) is -0.0998. The van der Waals surface area contributed by atoms with Gasteiger partial charge in [0.2, 0.25) is 0 Å². The van der Waals surface area contributed by atoms with Crippen molar-refractivity contribution in [3.05, 3.63) is 29.1 Å². The highest BCUT2D eigenvalue weighted by Crippen LogP contribution is 2.24. The first-order valence-electron chi connectivity index (χ1n) is 3.81. The lowest BCUT2D eigenvalue weighted by atomic mass is 10.1. The molecule has 0 spiro atoms. The van der Waals surface area contributed by atoms with Gasteiger partial charge in [0.1, 0.15) is 0 Å².